The van der Waals surface area contributed by atoms with Crippen LogP contribution in [0, 0.1) is 0 Å². The predicted octanol–water partition coefficient (Wildman–Crippen LogP) is 3.67. The van der Waals surface area contributed by atoms with E-state index in [2.05, 4.69) is 0 Å². The Morgan fingerprint density at radius 1 is 0.696 bits per heavy atom. The largest absolute Gasteiger partial charge is 0.341 e. The molecule has 0 fully saturated rings. The van der Waals surface area contributed by atoms with Gasteiger partial charge in [0.05, 0.1) is 5.90 Å². The Labute approximate surface area is 138 Å². The topological polar surface area (TPSA) is 37.3 Å². The Bertz CT molecular complexity index is 750. The van der Waals surface area contributed by atoms with Crippen molar-refractivity contribution in [3.63, 3.8) is 0 Å². The highest BCUT2D eigenvalue weighted by Gasteiger charge is 2.27. The quantitative estimate of drug-likeness (QED) is 0.720. The molecule has 0 saturated carbocycles. The summed E-state index contributed by atoms with van der Waals surface area (Å²) in [6, 6.07) is 29.0. The summed E-state index contributed by atoms with van der Waals surface area (Å²) in [5.41, 5.74) is 0. The van der Waals surface area contributed by atoms with E-state index in [1.54, 1.807) is 12.1 Å². The van der Waals surface area contributed by atoms with Gasteiger partial charge < -0.3 is 4.89 Å². The maximum atomic E-state index is 12.9. The molecule has 1 N–H and O–H groups in total. The molecular weight excluding hydrogens is 322 g/mol. The number of hydrogen-bond acceptors (Lipinski definition) is 1. The van der Waals surface area contributed by atoms with E-state index in [-0.39, 0.29) is 5.90 Å². The summed E-state index contributed by atoms with van der Waals surface area (Å²) in [4.78, 5) is 10.7. The molecule has 0 bridgehead atoms. The van der Waals surface area contributed by atoms with Crippen molar-refractivity contribution in [1.82, 2.24) is 0 Å². The minimum Gasteiger partial charge on any atom is -0.341 e. The van der Waals surface area contributed by atoms with Crippen molar-refractivity contribution < 1.29 is 9.46 Å². The van der Waals surface area contributed by atoms with Gasteiger partial charge in [-0.15, -0.1) is 0 Å². The Balaban J connectivity index is 1.99. The first-order valence-electron chi connectivity index (χ1n) is 7.42. The second-order valence-corrected chi connectivity index (χ2v) is 10.2. The Morgan fingerprint density at radius 3 is 1.52 bits per heavy atom. The molecule has 0 spiro atoms. The van der Waals surface area contributed by atoms with E-state index in [4.69, 9.17) is 0 Å². The molecule has 1 unspecified atom stereocenters. The number of benzene rings is 3. The average Bonchev–Trinajstić information content (AvgIpc) is 2.62. The summed E-state index contributed by atoms with van der Waals surface area (Å²) in [7, 11) is -4.28. The van der Waals surface area contributed by atoms with Crippen molar-refractivity contribution in [1.29, 1.82) is 0 Å². The van der Waals surface area contributed by atoms with Crippen molar-refractivity contribution in [3.8, 4) is 0 Å². The zero-order chi connectivity index (χ0) is 16.1. The van der Waals surface area contributed by atoms with Gasteiger partial charge in [0.1, 0.15) is 0 Å². The maximum absolute atomic E-state index is 12.9. The monoisotopic (exact) mass is 340 g/mol. The van der Waals surface area contributed by atoms with Crippen LogP contribution in [-0.4, -0.2) is 10.8 Å². The lowest BCUT2D eigenvalue weighted by Gasteiger charge is -2.22. The van der Waals surface area contributed by atoms with Crippen LogP contribution in [0.2, 0.25) is 0 Å². The van der Waals surface area contributed by atoms with Crippen LogP contribution >= 0.6 is 15.3 Å². The minimum atomic E-state index is -3.40. The third-order valence-corrected chi connectivity index (χ3v) is 9.24. The van der Waals surface area contributed by atoms with Crippen LogP contribution in [0.5, 0.6) is 0 Å². The van der Waals surface area contributed by atoms with E-state index in [9.17, 15) is 9.46 Å². The van der Waals surface area contributed by atoms with Crippen molar-refractivity contribution in [2.24, 2.45) is 0 Å². The molecule has 0 aromatic heterocycles. The molecule has 0 amide bonds. The van der Waals surface area contributed by atoms with Crippen LogP contribution in [0.4, 0.5) is 0 Å². The van der Waals surface area contributed by atoms with Gasteiger partial charge in [0.15, 0.2) is 0 Å². The van der Waals surface area contributed by atoms with Crippen LogP contribution in [-0.2, 0) is 4.57 Å². The molecule has 3 aromatic rings. The first-order valence-corrected chi connectivity index (χ1v) is 10.8. The van der Waals surface area contributed by atoms with E-state index >= 15 is 0 Å². The highest BCUT2D eigenvalue weighted by atomic mass is 31.2. The van der Waals surface area contributed by atoms with E-state index in [1.807, 2.05) is 78.9 Å². The van der Waals surface area contributed by atoms with Gasteiger partial charge in [-0.3, -0.25) is 4.57 Å². The Kier molecular flexibility index (Phi) is 5.08. The van der Waals surface area contributed by atoms with E-state index in [1.165, 1.54) is 0 Å². The molecule has 0 heterocycles. The van der Waals surface area contributed by atoms with Crippen LogP contribution in [0.3, 0.4) is 0 Å². The van der Waals surface area contributed by atoms with Crippen LogP contribution in [0.25, 0.3) is 0 Å². The third kappa shape index (κ3) is 3.98. The van der Waals surface area contributed by atoms with Crippen LogP contribution < -0.4 is 15.9 Å². The first-order chi connectivity index (χ1) is 11.2. The molecule has 23 heavy (non-hydrogen) atoms. The SMILES string of the molecule is O=P(O)(CP(c1ccccc1)c1ccccc1)c1ccccc1. The van der Waals surface area contributed by atoms with Gasteiger partial charge in [-0.25, -0.2) is 0 Å². The van der Waals surface area contributed by atoms with E-state index in [0.717, 1.165) is 10.6 Å². The molecule has 0 radical (unpaired) electrons. The summed E-state index contributed by atoms with van der Waals surface area (Å²) in [5, 5.41) is 2.78. The summed E-state index contributed by atoms with van der Waals surface area (Å²) in [6.07, 6.45) is 0. The van der Waals surface area contributed by atoms with Crippen LogP contribution in [0.15, 0.2) is 91.0 Å². The summed E-state index contributed by atoms with van der Waals surface area (Å²) < 4.78 is 12.9. The zero-order valence-corrected chi connectivity index (χ0v) is 14.4. The average molecular weight is 340 g/mol. The molecule has 3 rings (SSSR count). The minimum absolute atomic E-state index is 0.264. The van der Waals surface area contributed by atoms with Crippen molar-refractivity contribution in [2.45, 2.75) is 0 Å². The van der Waals surface area contributed by atoms with Gasteiger partial charge in [-0.05, 0) is 30.7 Å². The molecule has 0 aliphatic heterocycles. The molecule has 2 nitrogen and oxygen atoms in total. The zero-order valence-electron chi connectivity index (χ0n) is 12.6. The fourth-order valence-corrected chi connectivity index (χ4v) is 7.96. The van der Waals surface area contributed by atoms with Crippen molar-refractivity contribution >= 4 is 31.2 Å². The molecule has 116 valence electrons. The van der Waals surface area contributed by atoms with Gasteiger partial charge in [-0.1, -0.05) is 78.9 Å². The Hall–Kier alpha value is -1.72. The molecule has 0 aliphatic carbocycles. The second kappa shape index (κ2) is 7.23. The molecule has 0 saturated heterocycles. The molecule has 4 heteroatoms. The molecular formula is C19H18O2P2. The first kappa shape index (κ1) is 16.1. The van der Waals surface area contributed by atoms with E-state index in [0.29, 0.717) is 5.30 Å². The lowest BCUT2D eigenvalue weighted by molar-refractivity contribution is 0.495. The van der Waals surface area contributed by atoms with Crippen LogP contribution in [0.1, 0.15) is 0 Å². The lowest BCUT2D eigenvalue weighted by Crippen LogP contribution is -2.17. The third-order valence-electron chi connectivity index (χ3n) is 3.63. The highest BCUT2D eigenvalue weighted by Crippen LogP contribution is 2.52. The van der Waals surface area contributed by atoms with Gasteiger partial charge in [0.2, 0.25) is 7.37 Å². The van der Waals surface area contributed by atoms with Crippen molar-refractivity contribution in [2.75, 3.05) is 5.90 Å². The maximum Gasteiger partial charge on any atom is 0.234 e. The molecule has 0 aliphatic rings. The number of rotatable bonds is 5. The normalized spacial score (nSPS) is 13.7. The summed E-state index contributed by atoms with van der Waals surface area (Å²) in [6.45, 7) is 0. The van der Waals surface area contributed by atoms with Gasteiger partial charge in [0, 0.05) is 5.30 Å². The Morgan fingerprint density at radius 2 is 1.09 bits per heavy atom. The van der Waals surface area contributed by atoms with Gasteiger partial charge >= 0.3 is 0 Å². The summed E-state index contributed by atoms with van der Waals surface area (Å²) in [5.74, 6) is 0.264. The second-order valence-electron chi connectivity index (χ2n) is 5.28. The van der Waals surface area contributed by atoms with E-state index < -0.39 is 15.3 Å². The summed E-state index contributed by atoms with van der Waals surface area (Å²) >= 11 is 0. The highest BCUT2D eigenvalue weighted by molar-refractivity contribution is 7.85. The smallest absolute Gasteiger partial charge is 0.234 e. The molecule has 3 aromatic carbocycles. The fourth-order valence-electron chi connectivity index (χ4n) is 2.46. The van der Waals surface area contributed by atoms with Gasteiger partial charge in [-0.2, -0.15) is 0 Å². The number of hydrogen-bond donors (Lipinski definition) is 1. The van der Waals surface area contributed by atoms with Gasteiger partial charge in [0.25, 0.3) is 0 Å². The predicted molar refractivity (Wildman–Crippen MR) is 99.8 cm³/mol. The van der Waals surface area contributed by atoms with Crippen molar-refractivity contribution in [3.05, 3.63) is 91.0 Å². The fraction of sp³-hybridized carbons (Fsp3) is 0.0526. The standard InChI is InChI=1S/C19H18O2P2/c20-23(21,19-14-8-3-9-15-19)16-22(17-10-4-1-5-11-17)18-12-6-2-7-13-18/h1-15H,16H2,(H,20,21). The lowest BCUT2D eigenvalue weighted by atomic mass is 10.4. The molecule has 1 atom stereocenters.